The van der Waals surface area contributed by atoms with Gasteiger partial charge >= 0.3 is 0 Å². The molecule has 4 aliphatic heterocycles. The fraction of sp³-hybridized carbons (Fsp3) is 0.409. The number of para-hydroxylation sites is 1. The number of hydrogen-bond donors (Lipinski definition) is 0. The van der Waals surface area contributed by atoms with E-state index in [1.54, 1.807) is 11.1 Å². The molecule has 0 aliphatic carbocycles. The molecule has 5 rings (SSSR count). The van der Waals surface area contributed by atoms with E-state index in [0.29, 0.717) is 55.4 Å². The third kappa shape index (κ3) is 3.53. The van der Waals surface area contributed by atoms with E-state index in [1.165, 1.54) is 4.68 Å². The standard InChI is InChI=1S/C22H24N4O4/c27-21(25-8-11-29-12-9-25)18-14-24(13-17-7-4-10-30-17)15-19-20(18)23-26(22(19)28)16-5-2-1-3-6-16/h1-3,5-6,14-15,17H,4,7-13H2/t17-/m0/s1. The van der Waals surface area contributed by atoms with Gasteiger partial charge in [0.1, 0.15) is 5.69 Å². The van der Waals surface area contributed by atoms with Crippen LogP contribution in [0.5, 0.6) is 0 Å². The van der Waals surface area contributed by atoms with E-state index >= 15 is 0 Å². The first-order valence-electron chi connectivity index (χ1n) is 10.4. The van der Waals surface area contributed by atoms with Crippen LogP contribution in [0.2, 0.25) is 0 Å². The molecule has 156 valence electrons. The Kier molecular flexibility index (Phi) is 5.10. The first kappa shape index (κ1) is 19.0. The Morgan fingerprint density at radius 1 is 1.10 bits per heavy atom. The number of amides is 1. The predicted molar refractivity (Wildman–Crippen MR) is 110 cm³/mol. The first-order chi connectivity index (χ1) is 14.7. The second-order valence-corrected chi connectivity index (χ2v) is 7.72. The fourth-order valence-electron chi connectivity index (χ4n) is 4.13. The maximum atomic E-state index is 13.3. The number of hydrogen-bond acceptors (Lipinski definition) is 5. The summed E-state index contributed by atoms with van der Waals surface area (Å²) in [5, 5.41) is 4.55. The van der Waals surface area contributed by atoms with Gasteiger partial charge < -0.3 is 18.9 Å². The van der Waals surface area contributed by atoms with E-state index in [0.717, 1.165) is 19.4 Å². The molecule has 0 radical (unpaired) electrons. The maximum absolute atomic E-state index is 13.3. The Balaban J connectivity index is 1.61. The van der Waals surface area contributed by atoms with Crippen LogP contribution in [0.3, 0.4) is 0 Å². The zero-order chi connectivity index (χ0) is 20.5. The molecule has 30 heavy (non-hydrogen) atoms. The van der Waals surface area contributed by atoms with Crippen molar-refractivity contribution in [1.29, 1.82) is 0 Å². The molecule has 2 saturated heterocycles. The van der Waals surface area contributed by atoms with Crippen LogP contribution in [-0.2, 0) is 16.0 Å². The minimum absolute atomic E-state index is 0.0954. The van der Waals surface area contributed by atoms with Crippen LogP contribution in [-0.4, -0.2) is 64.2 Å². The molecule has 8 nitrogen and oxygen atoms in total. The van der Waals surface area contributed by atoms with Gasteiger partial charge in [-0.15, -0.1) is 0 Å². The molecule has 0 spiro atoms. The van der Waals surface area contributed by atoms with Gasteiger partial charge in [0, 0.05) is 38.6 Å². The summed E-state index contributed by atoms with van der Waals surface area (Å²) in [7, 11) is 0. The number of fused-ring (bicyclic) bond motifs is 1. The van der Waals surface area contributed by atoms with Crippen LogP contribution in [0.15, 0.2) is 47.5 Å². The molecule has 1 amide bonds. The van der Waals surface area contributed by atoms with Gasteiger partial charge in [-0.25, -0.2) is 0 Å². The van der Waals surface area contributed by atoms with Crippen molar-refractivity contribution in [3.05, 3.63) is 58.6 Å². The van der Waals surface area contributed by atoms with Gasteiger partial charge in [-0.2, -0.15) is 9.78 Å². The number of morpholine rings is 1. The number of ether oxygens (including phenoxy) is 2. The highest BCUT2D eigenvalue weighted by molar-refractivity contribution is 6.00. The molecule has 0 bridgehead atoms. The van der Waals surface area contributed by atoms with Crippen molar-refractivity contribution >= 4 is 5.91 Å². The van der Waals surface area contributed by atoms with Crippen molar-refractivity contribution in [2.75, 3.05) is 32.9 Å². The van der Waals surface area contributed by atoms with E-state index in [2.05, 4.69) is 5.10 Å². The van der Waals surface area contributed by atoms with Crippen molar-refractivity contribution in [2.45, 2.75) is 25.5 Å². The summed E-state index contributed by atoms with van der Waals surface area (Å²) in [6.45, 7) is 3.46. The third-order valence-electron chi connectivity index (χ3n) is 5.69. The van der Waals surface area contributed by atoms with Crippen LogP contribution in [0.25, 0.3) is 16.9 Å². The lowest BCUT2D eigenvalue weighted by Crippen LogP contribution is -2.41. The summed E-state index contributed by atoms with van der Waals surface area (Å²) in [4.78, 5) is 28.3. The lowest BCUT2D eigenvalue weighted by molar-refractivity contribution is 0.0302. The van der Waals surface area contributed by atoms with Crippen molar-refractivity contribution in [2.24, 2.45) is 0 Å². The fourth-order valence-corrected chi connectivity index (χ4v) is 4.13. The summed E-state index contributed by atoms with van der Waals surface area (Å²) in [5.74, 6) is -0.122. The molecule has 0 N–H and O–H groups in total. The Hall–Kier alpha value is -2.97. The third-order valence-corrected chi connectivity index (χ3v) is 5.69. The largest absolute Gasteiger partial charge is 0.378 e. The molecular formula is C22H24N4O4. The van der Waals surface area contributed by atoms with Crippen LogP contribution in [0.1, 0.15) is 23.2 Å². The molecule has 0 saturated carbocycles. The van der Waals surface area contributed by atoms with Crippen molar-refractivity contribution in [3.8, 4) is 16.9 Å². The molecule has 1 atom stereocenters. The summed E-state index contributed by atoms with van der Waals surface area (Å²) in [5.41, 5.74) is 1.77. The summed E-state index contributed by atoms with van der Waals surface area (Å²) in [6.07, 6.45) is 5.71. The van der Waals surface area contributed by atoms with Gasteiger partial charge in [-0.05, 0) is 25.0 Å². The topological polar surface area (TPSA) is 78.6 Å². The zero-order valence-electron chi connectivity index (χ0n) is 16.7. The Bertz CT molecular complexity index is 1060. The van der Waals surface area contributed by atoms with E-state index in [4.69, 9.17) is 9.47 Å². The quantitative estimate of drug-likeness (QED) is 0.658. The normalized spacial score (nSPS) is 19.5. The molecule has 1 aromatic carbocycles. The molecule has 8 heteroatoms. The Morgan fingerprint density at radius 3 is 2.63 bits per heavy atom. The molecule has 4 heterocycles. The molecule has 1 aromatic rings. The summed E-state index contributed by atoms with van der Waals surface area (Å²) < 4.78 is 14.4. The summed E-state index contributed by atoms with van der Waals surface area (Å²) >= 11 is 0. The average molecular weight is 408 g/mol. The van der Waals surface area contributed by atoms with E-state index in [-0.39, 0.29) is 17.6 Å². The molecule has 0 aromatic heterocycles. The minimum atomic E-state index is -0.228. The van der Waals surface area contributed by atoms with Gasteiger partial charge in [0.25, 0.3) is 11.5 Å². The smallest absolute Gasteiger partial charge is 0.282 e. The van der Waals surface area contributed by atoms with Crippen LogP contribution < -0.4 is 5.56 Å². The second-order valence-electron chi connectivity index (χ2n) is 7.72. The number of carbonyl (C=O) groups is 1. The minimum Gasteiger partial charge on any atom is -0.378 e. The number of nitrogens with zero attached hydrogens (tertiary/aromatic N) is 4. The van der Waals surface area contributed by atoms with Gasteiger partial charge in [-0.3, -0.25) is 9.59 Å². The number of aromatic nitrogens is 3. The van der Waals surface area contributed by atoms with Gasteiger partial charge in [0.05, 0.1) is 36.1 Å². The predicted octanol–water partition coefficient (Wildman–Crippen LogP) is 1.79. The zero-order valence-corrected chi connectivity index (χ0v) is 16.7. The highest BCUT2D eigenvalue weighted by Crippen LogP contribution is 2.25. The van der Waals surface area contributed by atoms with Crippen molar-refractivity contribution < 1.29 is 14.3 Å². The molecule has 0 unspecified atom stereocenters. The first-order valence-corrected chi connectivity index (χ1v) is 10.4. The highest BCUT2D eigenvalue weighted by Gasteiger charge is 2.28. The second kappa shape index (κ2) is 8.04. The van der Waals surface area contributed by atoms with Gasteiger partial charge in [0.2, 0.25) is 0 Å². The molecule has 4 aliphatic rings. The van der Waals surface area contributed by atoms with Crippen molar-refractivity contribution in [1.82, 2.24) is 19.2 Å². The van der Waals surface area contributed by atoms with Gasteiger partial charge in [-0.1, -0.05) is 18.2 Å². The monoisotopic (exact) mass is 408 g/mol. The average Bonchev–Trinajstić information content (AvgIpc) is 3.42. The number of pyridine rings is 1. The molecule has 2 fully saturated rings. The number of benzene rings is 1. The van der Waals surface area contributed by atoms with E-state index in [9.17, 15) is 9.59 Å². The SMILES string of the molecule is O=C(c1cn(C[C@@H]2CCCO2)cc2c(=O)n(-c3ccccc3)nc1-2)N1CCOCC1. The van der Waals surface area contributed by atoms with Gasteiger partial charge in [0.15, 0.2) is 0 Å². The van der Waals surface area contributed by atoms with E-state index in [1.807, 2.05) is 41.1 Å². The number of carbonyl (C=O) groups excluding carboxylic acids is 1. The van der Waals surface area contributed by atoms with Crippen LogP contribution in [0.4, 0.5) is 0 Å². The molecular weight excluding hydrogens is 384 g/mol. The van der Waals surface area contributed by atoms with Crippen molar-refractivity contribution in [3.63, 3.8) is 0 Å². The maximum Gasteiger partial charge on any atom is 0.282 e. The highest BCUT2D eigenvalue weighted by atomic mass is 16.5. The van der Waals surface area contributed by atoms with E-state index < -0.39 is 0 Å². The lowest BCUT2D eigenvalue weighted by Gasteiger charge is -2.27. The van der Waals surface area contributed by atoms with Crippen LogP contribution >= 0.6 is 0 Å². The summed E-state index contributed by atoms with van der Waals surface area (Å²) in [6, 6.07) is 9.27. The lowest BCUT2D eigenvalue weighted by atomic mass is 10.1. The Labute approximate surface area is 174 Å². The Morgan fingerprint density at radius 2 is 1.90 bits per heavy atom. The number of rotatable bonds is 4. The van der Waals surface area contributed by atoms with Crippen LogP contribution in [0, 0.1) is 0 Å².